The van der Waals surface area contributed by atoms with E-state index < -0.39 is 11.5 Å². The lowest BCUT2D eigenvalue weighted by molar-refractivity contribution is -0.141. The SMILES string of the molecule is CCC1(C(=O)NC2(CC(=O)O)CCCCC2)CCCC1. The highest BCUT2D eigenvalue weighted by molar-refractivity contribution is 5.84. The first-order chi connectivity index (χ1) is 9.52. The second-order valence-corrected chi connectivity index (χ2v) is 6.71. The van der Waals surface area contributed by atoms with E-state index in [-0.39, 0.29) is 17.7 Å². The van der Waals surface area contributed by atoms with Crippen LogP contribution in [0.25, 0.3) is 0 Å². The number of carbonyl (C=O) groups excluding carboxylic acids is 1. The number of amides is 1. The molecule has 20 heavy (non-hydrogen) atoms. The molecular weight excluding hydrogens is 254 g/mol. The van der Waals surface area contributed by atoms with E-state index in [1.54, 1.807) is 0 Å². The van der Waals surface area contributed by atoms with Crippen molar-refractivity contribution in [1.82, 2.24) is 5.32 Å². The number of carboxylic acid groups (broad SMARTS) is 1. The molecule has 0 spiro atoms. The minimum Gasteiger partial charge on any atom is -0.481 e. The summed E-state index contributed by atoms with van der Waals surface area (Å²) in [7, 11) is 0. The zero-order valence-electron chi connectivity index (χ0n) is 12.5. The number of nitrogens with one attached hydrogen (secondary N) is 1. The van der Waals surface area contributed by atoms with Crippen molar-refractivity contribution in [3.8, 4) is 0 Å². The quantitative estimate of drug-likeness (QED) is 0.813. The van der Waals surface area contributed by atoms with Gasteiger partial charge in [0.2, 0.25) is 5.91 Å². The van der Waals surface area contributed by atoms with Crippen LogP contribution in [0.2, 0.25) is 0 Å². The molecule has 0 atom stereocenters. The first kappa shape index (κ1) is 15.3. The standard InChI is InChI=1S/C16H27NO3/c1-2-15(8-6-7-9-15)14(20)17-16(12-13(18)19)10-4-3-5-11-16/h2-12H2,1H3,(H,17,20)(H,18,19). The molecule has 0 bridgehead atoms. The Kier molecular flexibility index (Phi) is 4.71. The minimum atomic E-state index is -0.802. The molecule has 114 valence electrons. The summed E-state index contributed by atoms with van der Waals surface area (Å²) in [5.41, 5.74) is -0.727. The second-order valence-electron chi connectivity index (χ2n) is 6.71. The van der Waals surface area contributed by atoms with Crippen LogP contribution in [0.15, 0.2) is 0 Å². The topological polar surface area (TPSA) is 66.4 Å². The maximum atomic E-state index is 12.7. The Hall–Kier alpha value is -1.06. The Morgan fingerprint density at radius 3 is 2.05 bits per heavy atom. The van der Waals surface area contributed by atoms with Crippen molar-refractivity contribution < 1.29 is 14.7 Å². The minimum absolute atomic E-state index is 0.0680. The lowest BCUT2D eigenvalue weighted by Gasteiger charge is -2.40. The van der Waals surface area contributed by atoms with Crippen molar-refractivity contribution in [1.29, 1.82) is 0 Å². The van der Waals surface area contributed by atoms with E-state index in [9.17, 15) is 14.7 Å². The summed E-state index contributed by atoms with van der Waals surface area (Å²) in [6.45, 7) is 2.08. The average molecular weight is 281 g/mol. The molecule has 4 heteroatoms. The van der Waals surface area contributed by atoms with E-state index in [0.29, 0.717) is 0 Å². The fourth-order valence-corrected chi connectivity index (χ4v) is 4.03. The van der Waals surface area contributed by atoms with E-state index in [1.165, 1.54) is 0 Å². The van der Waals surface area contributed by atoms with Gasteiger partial charge in [0.25, 0.3) is 0 Å². The van der Waals surface area contributed by atoms with E-state index in [0.717, 1.165) is 64.2 Å². The van der Waals surface area contributed by atoms with Crippen LogP contribution in [-0.4, -0.2) is 22.5 Å². The van der Waals surface area contributed by atoms with Gasteiger partial charge < -0.3 is 10.4 Å². The van der Waals surface area contributed by atoms with Crippen molar-refractivity contribution >= 4 is 11.9 Å². The van der Waals surface area contributed by atoms with E-state index >= 15 is 0 Å². The van der Waals surface area contributed by atoms with Crippen molar-refractivity contribution in [3.63, 3.8) is 0 Å². The third-order valence-electron chi connectivity index (χ3n) is 5.40. The molecule has 0 heterocycles. The molecule has 2 rings (SSSR count). The predicted molar refractivity (Wildman–Crippen MR) is 77.4 cm³/mol. The molecule has 1 amide bonds. The number of carboxylic acids is 1. The summed E-state index contributed by atoms with van der Waals surface area (Å²) in [6, 6.07) is 0. The summed E-state index contributed by atoms with van der Waals surface area (Å²) >= 11 is 0. The highest BCUT2D eigenvalue weighted by atomic mass is 16.4. The van der Waals surface area contributed by atoms with Crippen molar-refractivity contribution in [3.05, 3.63) is 0 Å². The molecule has 2 aliphatic carbocycles. The normalized spacial score (nSPS) is 24.2. The van der Waals surface area contributed by atoms with Gasteiger partial charge in [-0.1, -0.05) is 39.0 Å². The van der Waals surface area contributed by atoms with Gasteiger partial charge >= 0.3 is 5.97 Å². The Bertz CT molecular complexity index is 366. The molecule has 2 fully saturated rings. The molecule has 2 N–H and O–H groups in total. The number of hydrogen-bond donors (Lipinski definition) is 2. The maximum Gasteiger partial charge on any atom is 0.305 e. The maximum absolute atomic E-state index is 12.7. The molecule has 0 aromatic rings. The highest BCUT2D eigenvalue weighted by Gasteiger charge is 2.44. The van der Waals surface area contributed by atoms with Crippen LogP contribution in [0.1, 0.15) is 77.6 Å². The van der Waals surface area contributed by atoms with Gasteiger partial charge in [-0.15, -0.1) is 0 Å². The molecule has 4 nitrogen and oxygen atoms in total. The fourth-order valence-electron chi connectivity index (χ4n) is 4.03. The van der Waals surface area contributed by atoms with E-state index in [1.807, 2.05) is 0 Å². The van der Waals surface area contributed by atoms with Crippen molar-refractivity contribution in [2.75, 3.05) is 0 Å². The molecular formula is C16H27NO3. The molecule has 0 saturated heterocycles. The molecule has 2 aliphatic rings. The predicted octanol–water partition coefficient (Wildman–Crippen LogP) is 3.25. The molecule has 0 aromatic carbocycles. The first-order valence-electron chi connectivity index (χ1n) is 8.06. The van der Waals surface area contributed by atoms with Crippen LogP contribution in [0.4, 0.5) is 0 Å². The average Bonchev–Trinajstić information content (AvgIpc) is 2.88. The highest BCUT2D eigenvalue weighted by Crippen LogP contribution is 2.42. The molecule has 0 unspecified atom stereocenters. The fraction of sp³-hybridized carbons (Fsp3) is 0.875. The van der Waals surface area contributed by atoms with Crippen molar-refractivity contribution in [2.45, 2.75) is 83.1 Å². The molecule has 2 saturated carbocycles. The van der Waals surface area contributed by atoms with Gasteiger partial charge in [-0.2, -0.15) is 0 Å². The van der Waals surface area contributed by atoms with Gasteiger partial charge in [-0.3, -0.25) is 9.59 Å². The van der Waals surface area contributed by atoms with Crippen LogP contribution in [0.5, 0.6) is 0 Å². The monoisotopic (exact) mass is 281 g/mol. The number of hydrogen-bond acceptors (Lipinski definition) is 2. The van der Waals surface area contributed by atoms with Crippen LogP contribution in [0.3, 0.4) is 0 Å². The Labute approximate surface area is 121 Å². The third-order valence-corrected chi connectivity index (χ3v) is 5.40. The summed E-state index contributed by atoms with van der Waals surface area (Å²) in [4.78, 5) is 23.9. The lowest BCUT2D eigenvalue weighted by atomic mass is 9.76. The van der Waals surface area contributed by atoms with Gasteiger partial charge in [-0.05, 0) is 32.1 Å². The van der Waals surface area contributed by atoms with Crippen molar-refractivity contribution in [2.24, 2.45) is 5.41 Å². The van der Waals surface area contributed by atoms with Gasteiger partial charge in [0.15, 0.2) is 0 Å². The number of aliphatic carboxylic acids is 1. The van der Waals surface area contributed by atoms with Gasteiger partial charge in [-0.25, -0.2) is 0 Å². The number of rotatable bonds is 5. The largest absolute Gasteiger partial charge is 0.481 e. The second kappa shape index (κ2) is 6.15. The van der Waals surface area contributed by atoms with Crippen LogP contribution < -0.4 is 5.32 Å². The lowest BCUT2D eigenvalue weighted by Crippen LogP contribution is -2.55. The van der Waals surface area contributed by atoms with E-state index in [2.05, 4.69) is 12.2 Å². The van der Waals surface area contributed by atoms with Crippen LogP contribution >= 0.6 is 0 Å². The Balaban J connectivity index is 2.10. The molecule has 0 aromatic heterocycles. The van der Waals surface area contributed by atoms with Gasteiger partial charge in [0.05, 0.1) is 12.0 Å². The summed E-state index contributed by atoms with van der Waals surface area (Å²) < 4.78 is 0. The Morgan fingerprint density at radius 1 is 1.00 bits per heavy atom. The molecule has 0 aliphatic heterocycles. The summed E-state index contributed by atoms with van der Waals surface area (Å²) in [5, 5.41) is 12.4. The van der Waals surface area contributed by atoms with E-state index in [4.69, 9.17) is 0 Å². The third kappa shape index (κ3) is 3.15. The van der Waals surface area contributed by atoms with Crippen LogP contribution in [-0.2, 0) is 9.59 Å². The summed E-state index contributed by atoms with van der Waals surface area (Å²) in [5.74, 6) is -0.690. The zero-order chi connectivity index (χ0) is 14.6. The first-order valence-corrected chi connectivity index (χ1v) is 8.06. The summed E-state index contributed by atoms with van der Waals surface area (Å²) in [6.07, 6.45) is 9.89. The zero-order valence-corrected chi connectivity index (χ0v) is 12.5. The number of carbonyl (C=O) groups is 2. The smallest absolute Gasteiger partial charge is 0.305 e. The van der Waals surface area contributed by atoms with Gasteiger partial charge in [0.1, 0.15) is 0 Å². The van der Waals surface area contributed by atoms with Gasteiger partial charge in [0, 0.05) is 5.41 Å². The molecule has 0 radical (unpaired) electrons. The van der Waals surface area contributed by atoms with Crippen LogP contribution in [0, 0.1) is 5.41 Å². The Morgan fingerprint density at radius 2 is 1.55 bits per heavy atom.